The molecule has 1 heterocycles. The second-order valence-electron chi connectivity index (χ2n) is 10.2. The number of benzene rings is 1. The van der Waals surface area contributed by atoms with E-state index in [4.69, 9.17) is 12.2 Å². The quantitative estimate of drug-likeness (QED) is 0.580. The molecule has 1 aromatic rings. The fraction of sp³-hybridized carbons (Fsp3) is 0.680. The van der Waals surface area contributed by atoms with Gasteiger partial charge in [-0.15, -0.1) is 0 Å². The zero-order valence-corrected chi connectivity index (χ0v) is 20.3. The molecule has 1 aliphatic carbocycles. The number of rotatable bonds is 6. The number of hydrogen-bond acceptors (Lipinski definition) is 3. The van der Waals surface area contributed by atoms with Crippen LogP contribution in [0.25, 0.3) is 0 Å². The summed E-state index contributed by atoms with van der Waals surface area (Å²) in [6.45, 7) is 8.92. The highest BCUT2D eigenvalue weighted by Gasteiger charge is 2.36. The fourth-order valence-corrected chi connectivity index (χ4v) is 4.95. The van der Waals surface area contributed by atoms with Crippen molar-refractivity contribution in [3.8, 4) is 0 Å². The van der Waals surface area contributed by atoms with Gasteiger partial charge in [-0.05, 0) is 55.3 Å². The molecule has 3 rings (SSSR count). The second-order valence-corrected chi connectivity index (χ2v) is 10.6. The van der Waals surface area contributed by atoms with Crippen molar-refractivity contribution >= 4 is 23.2 Å². The summed E-state index contributed by atoms with van der Waals surface area (Å²) in [4.78, 5) is 15.3. The number of nitrogens with zero attached hydrogens (tertiary/aromatic N) is 1. The van der Waals surface area contributed by atoms with Crippen LogP contribution in [-0.4, -0.2) is 47.1 Å². The van der Waals surface area contributed by atoms with Crippen LogP contribution in [-0.2, 0) is 11.3 Å². The van der Waals surface area contributed by atoms with Gasteiger partial charge in [-0.1, -0.05) is 63.9 Å². The molecule has 6 heteroatoms. The van der Waals surface area contributed by atoms with Crippen molar-refractivity contribution in [2.24, 2.45) is 5.41 Å². The van der Waals surface area contributed by atoms with Crippen LogP contribution in [0.3, 0.4) is 0 Å². The van der Waals surface area contributed by atoms with Crippen LogP contribution in [0.2, 0.25) is 0 Å². The lowest BCUT2D eigenvalue weighted by Crippen LogP contribution is -2.60. The van der Waals surface area contributed by atoms with Crippen molar-refractivity contribution in [2.75, 3.05) is 13.1 Å². The lowest BCUT2D eigenvalue weighted by Gasteiger charge is -2.38. The third-order valence-corrected chi connectivity index (χ3v) is 6.79. The SMILES string of the molecule is CC(C)(C)C(NC(=S)N[C@@H]1CCCC[C@H]1NCc1ccccc1)C(=O)N1CCCCC1. The average molecular weight is 445 g/mol. The van der Waals surface area contributed by atoms with E-state index < -0.39 is 0 Å². The molecule has 1 aliphatic heterocycles. The van der Waals surface area contributed by atoms with E-state index in [2.05, 4.69) is 67.1 Å². The number of carbonyl (C=O) groups excluding carboxylic acids is 1. The van der Waals surface area contributed by atoms with E-state index in [9.17, 15) is 4.79 Å². The Morgan fingerprint density at radius 3 is 2.32 bits per heavy atom. The van der Waals surface area contributed by atoms with Gasteiger partial charge in [0, 0.05) is 31.7 Å². The molecular weight excluding hydrogens is 404 g/mol. The molecule has 3 N–H and O–H groups in total. The number of likely N-dealkylation sites (tertiary alicyclic amines) is 1. The number of carbonyl (C=O) groups is 1. The van der Waals surface area contributed by atoms with E-state index >= 15 is 0 Å². The molecule has 1 unspecified atom stereocenters. The van der Waals surface area contributed by atoms with Gasteiger partial charge in [0.05, 0.1) is 0 Å². The average Bonchev–Trinajstić information content (AvgIpc) is 2.77. The van der Waals surface area contributed by atoms with Crippen molar-refractivity contribution in [3.05, 3.63) is 35.9 Å². The van der Waals surface area contributed by atoms with Gasteiger partial charge in [-0.2, -0.15) is 0 Å². The van der Waals surface area contributed by atoms with Crippen molar-refractivity contribution in [3.63, 3.8) is 0 Å². The van der Waals surface area contributed by atoms with Crippen LogP contribution >= 0.6 is 12.2 Å². The number of hydrogen-bond donors (Lipinski definition) is 3. The Kier molecular flexibility index (Phi) is 8.73. The van der Waals surface area contributed by atoms with E-state index in [1.54, 1.807) is 0 Å². The van der Waals surface area contributed by atoms with E-state index in [0.717, 1.165) is 45.3 Å². The minimum absolute atomic E-state index is 0.179. The molecule has 3 atom stereocenters. The Bertz CT molecular complexity index is 712. The topological polar surface area (TPSA) is 56.4 Å². The van der Waals surface area contributed by atoms with Crippen LogP contribution in [0.4, 0.5) is 0 Å². The summed E-state index contributed by atoms with van der Waals surface area (Å²) in [5, 5.41) is 11.3. The van der Waals surface area contributed by atoms with Crippen LogP contribution in [0.15, 0.2) is 30.3 Å². The summed E-state index contributed by atoms with van der Waals surface area (Å²) >= 11 is 5.71. The largest absolute Gasteiger partial charge is 0.358 e. The Morgan fingerprint density at radius 1 is 1.03 bits per heavy atom. The van der Waals surface area contributed by atoms with Gasteiger partial charge < -0.3 is 20.9 Å². The highest BCUT2D eigenvalue weighted by Crippen LogP contribution is 2.24. The lowest BCUT2D eigenvalue weighted by molar-refractivity contribution is -0.136. The summed E-state index contributed by atoms with van der Waals surface area (Å²) in [5.74, 6) is 0.179. The first-order valence-corrected chi connectivity index (χ1v) is 12.4. The number of piperidine rings is 1. The van der Waals surface area contributed by atoms with Crippen LogP contribution in [0, 0.1) is 5.41 Å². The van der Waals surface area contributed by atoms with E-state index in [1.807, 2.05) is 4.90 Å². The van der Waals surface area contributed by atoms with Crippen LogP contribution < -0.4 is 16.0 Å². The van der Waals surface area contributed by atoms with Gasteiger partial charge in [-0.3, -0.25) is 4.79 Å². The van der Waals surface area contributed by atoms with Crippen LogP contribution in [0.5, 0.6) is 0 Å². The van der Waals surface area contributed by atoms with Gasteiger partial charge in [0.1, 0.15) is 6.04 Å². The minimum atomic E-state index is -0.315. The van der Waals surface area contributed by atoms with Crippen molar-refractivity contribution in [1.29, 1.82) is 0 Å². The van der Waals surface area contributed by atoms with Gasteiger partial charge >= 0.3 is 0 Å². The zero-order chi connectivity index (χ0) is 22.3. The Morgan fingerprint density at radius 2 is 1.68 bits per heavy atom. The maximum atomic E-state index is 13.3. The van der Waals surface area contributed by atoms with E-state index in [1.165, 1.54) is 24.8 Å². The van der Waals surface area contributed by atoms with Gasteiger partial charge in [0.25, 0.3) is 0 Å². The summed E-state index contributed by atoms with van der Waals surface area (Å²) in [7, 11) is 0. The Hall–Kier alpha value is -1.66. The minimum Gasteiger partial charge on any atom is -0.358 e. The first-order chi connectivity index (χ1) is 14.8. The van der Waals surface area contributed by atoms with Gasteiger partial charge in [0.15, 0.2) is 5.11 Å². The van der Waals surface area contributed by atoms with Crippen molar-refractivity contribution < 1.29 is 4.79 Å². The molecule has 0 aromatic heterocycles. The molecule has 2 fully saturated rings. The highest BCUT2D eigenvalue weighted by molar-refractivity contribution is 7.80. The molecule has 5 nitrogen and oxygen atoms in total. The standard InChI is InChI=1S/C25H40N4OS/c1-25(2,3)22(23(30)29-16-10-5-11-17-29)28-24(31)27-21-15-9-8-14-20(21)26-18-19-12-6-4-7-13-19/h4,6-7,12-13,20-22,26H,5,8-11,14-18H2,1-3H3,(H2,27,28,31)/t20-,21-,22?/m1/s1. The first-order valence-electron chi connectivity index (χ1n) is 12.0. The highest BCUT2D eigenvalue weighted by atomic mass is 32.1. The molecule has 2 aliphatic rings. The molecule has 1 saturated heterocycles. The smallest absolute Gasteiger partial charge is 0.245 e. The molecule has 0 spiro atoms. The summed E-state index contributed by atoms with van der Waals surface area (Å²) in [6, 6.07) is 10.9. The normalized spacial score (nSPS) is 23.1. The van der Waals surface area contributed by atoms with Crippen molar-refractivity contribution in [2.45, 2.75) is 90.4 Å². The third kappa shape index (κ3) is 7.18. The molecule has 172 valence electrons. The van der Waals surface area contributed by atoms with Gasteiger partial charge in [0.2, 0.25) is 5.91 Å². The van der Waals surface area contributed by atoms with Crippen molar-refractivity contribution in [1.82, 2.24) is 20.9 Å². The van der Waals surface area contributed by atoms with Gasteiger partial charge in [-0.25, -0.2) is 0 Å². The molecule has 31 heavy (non-hydrogen) atoms. The predicted octanol–water partition coefficient (Wildman–Crippen LogP) is 3.98. The maximum absolute atomic E-state index is 13.3. The fourth-order valence-electron chi connectivity index (χ4n) is 4.68. The molecule has 0 bridgehead atoms. The maximum Gasteiger partial charge on any atom is 0.245 e. The molecule has 1 saturated carbocycles. The van der Waals surface area contributed by atoms with E-state index in [-0.39, 0.29) is 23.4 Å². The molecule has 1 amide bonds. The zero-order valence-electron chi connectivity index (χ0n) is 19.5. The monoisotopic (exact) mass is 444 g/mol. The Labute approximate surface area is 193 Å². The molecule has 0 radical (unpaired) electrons. The summed E-state index contributed by atoms with van der Waals surface area (Å²) < 4.78 is 0. The molecular formula is C25H40N4OS. The Balaban J connectivity index is 1.58. The second kappa shape index (κ2) is 11.3. The number of thiocarbonyl (C=S) groups is 1. The summed E-state index contributed by atoms with van der Waals surface area (Å²) in [5.41, 5.74) is 1.09. The summed E-state index contributed by atoms with van der Waals surface area (Å²) in [6.07, 6.45) is 8.10. The molecule has 1 aromatic carbocycles. The number of nitrogens with one attached hydrogen (secondary N) is 3. The predicted molar refractivity (Wildman–Crippen MR) is 132 cm³/mol. The number of amides is 1. The first kappa shape index (κ1) is 24.0. The van der Waals surface area contributed by atoms with Crippen LogP contribution in [0.1, 0.15) is 71.3 Å². The third-order valence-electron chi connectivity index (χ3n) is 6.55. The van der Waals surface area contributed by atoms with E-state index in [0.29, 0.717) is 11.2 Å². The lowest BCUT2D eigenvalue weighted by atomic mass is 9.85.